The molecule has 2 aromatic heterocycles. The number of aryl methyl sites for hydroxylation is 2. The zero-order chi connectivity index (χ0) is 28.2. The Morgan fingerprint density at radius 2 is 1.85 bits per heavy atom. The van der Waals surface area contributed by atoms with E-state index in [0.29, 0.717) is 6.42 Å². The third kappa shape index (κ3) is 6.91. The first-order valence-electron chi connectivity index (χ1n) is 13.2. The minimum Gasteiger partial charge on any atom is -0.360 e. The van der Waals surface area contributed by atoms with Crippen LogP contribution in [0.4, 0.5) is 0 Å². The van der Waals surface area contributed by atoms with Gasteiger partial charge in [0, 0.05) is 12.7 Å². The van der Waals surface area contributed by atoms with Gasteiger partial charge in [-0.15, -0.1) is 0 Å². The van der Waals surface area contributed by atoms with Gasteiger partial charge in [-0.2, -0.15) is 9.03 Å². The Kier molecular flexibility index (Phi) is 9.19. The summed E-state index contributed by atoms with van der Waals surface area (Å²) in [6.07, 6.45) is 7.12. The monoisotopic (exact) mass is 581 g/mol. The second-order valence-electron chi connectivity index (χ2n) is 10.2. The number of rotatable bonds is 9. The Morgan fingerprint density at radius 3 is 2.49 bits per heavy atom. The van der Waals surface area contributed by atoms with Gasteiger partial charge in [-0.3, -0.25) is 9.59 Å². The van der Waals surface area contributed by atoms with Crippen LogP contribution in [0.5, 0.6) is 0 Å². The summed E-state index contributed by atoms with van der Waals surface area (Å²) in [5.74, 6) is -0.809. The average Bonchev–Trinajstić information content (AvgIpc) is 3.14. The summed E-state index contributed by atoms with van der Waals surface area (Å²) in [6.45, 7) is 2.68. The van der Waals surface area contributed by atoms with Gasteiger partial charge in [-0.25, -0.2) is 21.8 Å². The lowest BCUT2D eigenvalue weighted by atomic mass is 9.85. The van der Waals surface area contributed by atoms with Crippen molar-refractivity contribution in [3.63, 3.8) is 0 Å². The van der Waals surface area contributed by atoms with Crippen LogP contribution in [0.3, 0.4) is 0 Å². The fourth-order valence-corrected chi connectivity index (χ4v) is 8.24. The first-order valence-corrected chi connectivity index (χ1v) is 16.1. The molecule has 2 fully saturated rings. The van der Waals surface area contributed by atoms with E-state index in [1.54, 1.807) is 12.1 Å². The minimum atomic E-state index is -4.14. The molecule has 14 heteroatoms. The predicted octanol–water partition coefficient (Wildman–Crippen LogP) is 1.84. The van der Waals surface area contributed by atoms with Gasteiger partial charge in [0.05, 0.1) is 12.6 Å². The largest absolute Gasteiger partial charge is 0.360 e. The lowest BCUT2D eigenvalue weighted by Gasteiger charge is -2.27. The van der Waals surface area contributed by atoms with Crippen molar-refractivity contribution in [3.05, 3.63) is 35.9 Å². The van der Waals surface area contributed by atoms with E-state index in [0.717, 1.165) is 36.4 Å². The van der Waals surface area contributed by atoms with Crippen LogP contribution >= 0.6 is 0 Å². The highest BCUT2D eigenvalue weighted by molar-refractivity contribution is 7.89. The standard InChI is InChI=1S/C25H35N5O7S2/c1-17-24(18(2)37-28-17)38(33,34)29-21(15-19-9-4-3-5-10-19)25(32)27-20-11-8-14-30(16-22(20)31)39(35,36)23-12-6-7-13-26-23/h6-7,12-13,19-21,29H,3-5,8-11,14-16H2,1-2H3,(H,27,32). The topological polar surface area (TPSA) is 169 Å². The van der Waals surface area contributed by atoms with Crippen LogP contribution in [-0.2, 0) is 29.6 Å². The summed E-state index contributed by atoms with van der Waals surface area (Å²) in [4.78, 5) is 30.4. The first kappa shape index (κ1) is 29.3. The van der Waals surface area contributed by atoms with Gasteiger partial charge in [0.1, 0.15) is 16.6 Å². The van der Waals surface area contributed by atoms with E-state index < -0.39 is 50.4 Å². The molecule has 39 heavy (non-hydrogen) atoms. The number of pyridine rings is 1. The number of carbonyl (C=O) groups is 2. The van der Waals surface area contributed by atoms with Crippen molar-refractivity contribution >= 4 is 31.7 Å². The number of ketones is 1. The summed E-state index contributed by atoms with van der Waals surface area (Å²) in [5.41, 5.74) is 0.185. The highest BCUT2D eigenvalue weighted by Gasteiger charge is 2.37. The van der Waals surface area contributed by atoms with Gasteiger partial charge in [0.2, 0.25) is 15.9 Å². The summed E-state index contributed by atoms with van der Waals surface area (Å²) < 4.78 is 61.1. The average molecular weight is 582 g/mol. The smallest absolute Gasteiger partial charge is 0.260 e. The second-order valence-corrected chi connectivity index (χ2v) is 13.8. The van der Waals surface area contributed by atoms with Crippen molar-refractivity contribution in [2.24, 2.45) is 5.92 Å². The Hall–Kier alpha value is -2.68. The third-order valence-electron chi connectivity index (χ3n) is 7.32. The second kappa shape index (κ2) is 12.2. The molecule has 4 rings (SSSR count). The maximum Gasteiger partial charge on any atom is 0.260 e. The number of sulfonamides is 2. The molecule has 0 bridgehead atoms. The van der Waals surface area contributed by atoms with Crippen molar-refractivity contribution in [2.75, 3.05) is 13.1 Å². The van der Waals surface area contributed by atoms with Crippen LogP contribution in [0.1, 0.15) is 62.8 Å². The van der Waals surface area contributed by atoms with Gasteiger partial charge >= 0.3 is 0 Å². The van der Waals surface area contributed by atoms with Gasteiger partial charge in [-0.05, 0) is 51.2 Å². The van der Waals surface area contributed by atoms with Crippen molar-refractivity contribution < 1.29 is 30.9 Å². The quantitative estimate of drug-likeness (QED) is 0.449. The fraction of sp³-hybridized carbons (Fsp3) is 0.600. The number of carbonyl (C=O) groups excluding carboxylic acids is 2. The van der Waals surface area contributed by atoms with E-state index in [1.807, 2.05) is 0 Å². The number of amides is 1. The lowest BCUT2D eigenvalue weighted by Crippen LogP contribution is -2.53. The summed E-state index contributed by atoms with van der Waals surface area (Å²) in [7, 11) is -8.12. The highest BCUT2D eigenvalue weighted by Crippen LogP contribution is 2.28. The fourth-order valence-electron chi connectivity index (χ4n) is 5.33. The summed E-state index contributed by atoms with van der Waals surface area (Å²) in [5, 5.41) is 6.28. The van der Waals surface area contributed by atoms with Crippen LogP contribution in [0.25, 0.3) is 0 Å². The highest BCUT2D eigenvalue weighted by atomic mass is 32.2. The maximum atomic E-state index is 13.5. The molecule has 0 spiro atoms. The Labute approximate surface area is 229 Å². The number of Topliss-reactive ketones (excluding diaryl/α,β-unsaturated/α-hetero) is 1. The number of hydrogen-bond donors (Lipinski definition) is 2. The minimum absolute atomic E-state index is 0.0984. The molecule has 1 aliphatic heterocycles. The van der Waals surface area contributed by atoms with E-state index >= 15 is 0 Å². The first-order chi connectivity index (χ1) is 18.5. The van der Waals surface area contributed by atoms with Crippen molar-refractivity contribution in [2.45, 2.75) is 87.2 Å². The molecule has 1 saturated heterocycles. The number of aromatic nitrogens is 2. The Bertz CT molecular complexity index is 1370. The van der Waals surface area contributed by atoms with Crippen molar-refractivity contribution in [1.82, 2.24) is 24.5 Å². The molecule has 2 aromatic rings. The molecule has 2 unspecified atom stereocenters. The lowest BCUT2D eigenvalue weighted by molar-refractivity contribution is -0.128. The van der Waals surface area contributed by atoms with Crippen LogP contribution in [0, 0.1) is 19.8 Å². The normalized spacial score (nSPS) is 20.9. The van der Waals surface area contributed by atoms with Crippen LogP contribution in [0.15, 0.2) is 38.8 Å². The van der Waals surface area contributed by atoms with E-state index in [4.69, 9.17) is 4.52 Å². The zero-order valence-corrected chi connectivity index (χ0v) is 23.8. The Balaban J connectivity index is 1.50. The number of nitrogens with zero attached hydrogens (tertiary/aromatic N) is 3. The van der Waals surface area contributed by atoms with Gasteiger partial charge in [0.25, 0.3) is 10.0 Å². The molecule has 2 aliphatic rings. The van der Waals surface area contributed by atoms with E-state index in [9.17, 15) is 26.4 Å². The van der Waals surface area contributed by atoms with E-state index in [-0.39, 0.29) is 46.7 Å². The molecular weight excluding hydrogens is 546 g/mol. The van der Waals surface area contributed by atoms with E-state index in [2.05, 4.69) is 20.2 Å². The molecule has 2 N–H and O–H groups in total. The van der Waals surface area contributed by atoms with Crippen LogP contribution in [0.2, 0.25) is 0 Å². The molecule has 12 nitrogen and oxygen atoms in total. The summed E-state index contributed by atoms with van der Waals surface area (Å²) in [6, 6.07) is 2.46. The molecule has 214 valence electrons. The molecule has 3 heterocycles. The van der Waals surface area contributed by atoms with Crippen LogP contribution in [-0.4, -0.2) is 68.1 Å². The predicted molar refractivity (Wildman–Crippen MR) is 140 cm³/mol. The van der Waals surface area contributed by atoms with Gasteiger partial charge in [0.15, 0.2) is 16.6 Å². The summed E-state index contributed by atoms with van der Waals surface area (Å²) >= 11 is 0. The zero-order valence-electron chi connectivity index (χ0n) is 22.1. The molecule has 1 amide bonds. The van der Waals surface area contributed by atoms with Crippen molar-refractivity contribution in [3.8, 4) is 0 Å². The molecular formula is C25H35N5O7S2. The van der Waals surface area contributed by atoms with E-state index in [1.165, 1.54) is 26.1 Å². The SMILES string of the molecule is Cc1noc(C)c1S(=O)(=O)NC(CC1CCCCC1)C(=O)NC1CCCN(S(=O)(=O)c2ccccn2)CC1=O. The molecule has 0 aromatic carbocycles. The van der Waals surface area contributed by atoms with Crippen molar-refractivity contribution in [1.29, 1.82) is 0 Å². The van der Waals surface area contributed by atoms with Crippen LogP contribution < -0.4 is 10.0 Å². The maximum absolute atomic E-state index is 13.5. The molecule has 2 atom stereocenters. The number of nitrogens with one attached hydrogen (secondary N) is 2. The molecule has 1 saturated carbocycles. The number of hydrogen-bond acceptors (Lipinski definition) is 9. The Morgan fingerprint density at radius 1 is 1.10 bits per heavy atom. The molecule has 0 radical (unpaired) electrons. The molecule has 1 aliphatic carbocycles. The van der Waals surface area contributed by atoms with Gasteiger partial charge in [-0.1, -0.05) is 43.3 Å². The third-order valence-corrected chi connectivity index (χ3v) is 10.8. The van der Waals surface area contributed by atoms with Gasteiger partial charge < -0.3 is 9.84 Å².